The molecule has 0 saturated heterocycles. The predicted octanol–water partition coefficient (Wildman–Crippen LogP) is 3.37. The van der Waals surface area contributed by atoms with Gasteiger partial charge < -0.3 is 15.2 Å². The largest absolute Gasteiger partial charge is 0.482 e. The van der Waals surface area contributed by atoms with E-state index < -0.39 is 12.6 Å². The molecule has 136 valence electrons. The second-order valence-electron chi connectivity index (χ2n) is 6.00. The molecule has 0 unspecified atom stereocenters. The van der Waals surface area contributed by atoms with Crippen molar-refractivity contribution in [2.45, 2.75) is 26.7 Å². The van der Waals surface area contributed by atoms with Crippen molar-refractivity contribution in [1.29, 1.82) is 0 Å². The van der Waals surface area contributed by atoms with Crippen LogP contribution in [0.5, 0.6) is 5.75 Å². The lowest BCUT2D eigenvalue weighted by Gasteiger charge is -2.09. The summed E-state index contributed by atoms with van der Waals surface area (Å²) in [7, 11) is 0. The Balaban J connectivity index is 1.90. The standard InChI is InChI=1S/C20H21NO5/c1-13-6-7-14(2)17(10-13)18(22)8-9-19(23)21-15-4-3-5-16(11-15)26-12-20(24)25/h3-7,10-11H,8-9,12H2,1-2H3,(H,21,23)(H,24,25). The maximum Gasteiger partial charge on any atom is 0.341 e. The first-order valence-electron chi connectivity index (χ1n) is 8.20. The zero-order chi connectivity index (χ0) is 19.1. The highest BCUT2D eigenvalue weighted by Crippen LogP contribution is 2.18. The van der Waals surface area contributed by atoms with Crippen molar-refractivity contribution in [3.63, 3.8) is 0 Å². The van der Waals surface area contributed by atoms with Gasteiger partial charge in [0.15, 0.2) is 12.4 Å². The number of carbonyl (C=O) groups is 3. The first-order valence-corrected chi connectivity index (χ1v) is 8.20. The van der Waals surface area contributed by atoms with Crippen LogP contribution in [0.15, 0.2) is 42.5 Å². The fraction of sp³-hybridized carbons (Fsp3) is 0.250. The number of carbonyl (C=O) groups excluding carboxylic acids is 2. The SMILES string of the molecule is Cc1ccc(C)c(C(=O)CCC(=O)Nc2cccc(OCC(=O)O)c2)c1. The van der Waals surface area contributed by atoms with Gasteiger partial charge in [-0.25, -0.2) is 4.79 Å². The third kappa shape index (κ3) is 5.73. The molecule has 0 aliphatic rings. The molecule has 0 spiro atoms. The molecule has 0 aliphatic carbocycles. The van der Waals surface area contributed by atoms with E-state index in [0.29, 0.717) is 17.0 Å². The predicted molar refractivity (Wildman–Crippen MR) is 97.7 cm³/mol. The summed E-state index contributed by atoms with van der Waals surface area (Å²) in [6, 6.07) is 12.1. The number of carboxylic acids is 1. The van der Waals surface area contributed by atoms with Crippen molar-refractivity contribution in [2.75, 3.05) is 11.9 Å². The monoisotopic (exact) mass is 355 g/mol. The fourth-order valence-electron chi connectivity index (χ4n) is 2.43. The Morgan fingerprint density at radius 2 is 1.81 bits per heavy atom. The van der Waals surface area contributed by atoms with E-state index in [4.69, 9.17) is 9.84 Å². The average molecular weight is 355 g/mol. The Bertz CT molecular complexity index is 829. The molecule has 0 aromatic heterocycles. The minimum atomic E-state index is -1.08. The second-order valence-corrected chi connectivity index (χ2v) is 6.00. The minimum Gasteiger partial charge on any atom is -0.482 e. The second kappa shape index (κ2) is 8.80. The van der Waals surface area contributed by atoms with Crippen molar-refractivity contribution in [2.24, 2.45) is 0 Å². The topological polar surface area (TPSA) is 92.7 Å². The van der Waals surface area contributed by atoms with Crippen molar-refractivity contribution in [1.82, 2.24) is 0 Å². The molecule has 2 aromatic carbocycles. The molecule has 0 bridgehead atoms. The van der Waals surface area contributed by atoms with Crippen LogP contribution in [0.1, 0.15) is 34.3 Å². The normalized spacial score (nSPS) is 10.2. The van der Waals surface area contributed by atoms with Gasteiger partial charge in [0.25, 0.3) is 0 Å². The first kappa shape index (κ1) is 19.2. The first-order chi connectivity index (χ1) is 12.3. The van der Waals surface area contributed by atoms with Gasteiger partial charge in [0.05, 0.1) is 0 Å². The van der Waals surface area contributed by atoms with Gasteiger partial charge in [0.1, 0.15) is 5.75 Å². The van der Waals surface area contributed by atoms with E-state index in [1.807, 2.05) is 32.0 Å². The molecule has 0 radical (unpaired) electrons. The summed E-state index contributed by atoms with van der Waals surface area (Å²) < 4.78 is 5.07. The lowest BCUT2D eigenvalue weighted by atomic mass is 9.99. The number of ketones is 1. The van der Waals surface area contributed by atoms with Crippen LogP contribution in [-0.4, -0.2) is 29.4 Å². The Labute approximate surface area is 151 Å². The van der Waals surface area contributed by atoms with Crippen LogP contribution in [0, 0.1) is 13.8 Å². The molecule has 0 aliphatic heterocycles. The van der Waals surface area contributed by atoms with Gasteiger partial charge >= 0.3 is 5.97 Å². The number of nitrogens with one attached hydrogen (secondary N) is 1. The quantitative estimate of drug-likeness (QED) is 0.708. The number of aliphatic carboxylic acids is 1. The average Bonchev–Trinajstić information content (AvgIpc) is 2.60. The van der Waals surface area contributed by atoms with E-state index in [1.165, 1.54) is 6.07 Å². The summed E-state index contributed by atoms with van der Waals surface area (Å²) in [4.78, 5) is 34.9. The summed E-state index contributed by atoms with van der Waals surface area (Å²) in [6.45, 7) is 3.33. The summed E-state index contributed by atoms with van der Waals surface area (Å²) in [5, 5.41) is 11.3. The number of rotatable bonds is 8. The van der Waals surface area contributed by atoms with Crippen LogP contribution >= 0.6 is 0 Å². The van der Waals surface area contributed by atoms with Crippen LogP contribution in [0.2, 0.25) is 0 Å². The Kier molecular flexibility index (Phi) is 6.49. The van der Waals surface area contributed by atoms with Crippen LogP contribution in [0.25, 0.3) is 0 Å². The van der Waals surface area contributed by atoms with E-state index in [1.54, 1.807) is 18.2 Å². The number of ether oxygens (including phenoxy) is 1. The van der Waals surface area contributed by atoms with Crippen LogP contribution in [0.4, 0.5) is 5.69 Å². The smallest absolute Gasteiger partial charge is 0.341 e. The van der Waals surface area contributed by atoms with E-state index in [2.05, 4.69) is 5.32 Å². The van der Waals surface area contributed by atoms with Gasteiger partial charge in [-0.1, -0.05) is 23.8 Å². The van der Waals surface area contributed by atoms with E-state index in [-0.39, 0.29) is 24.5 Å². The Morgan fingerprint density at radius 3 is 2.54 bits per heavy atom. The van der Waals surface area contributed by atoms with Gasteiger partial charge in [0, 0.05) is 30.2 Å². The molecule has 26 heavy (non-hydrogen) atoms. The molecular weight excluding hydrogens is 334 g/mol. The van der Waals surface area contributed by atoms with Crippen LogP contribution < -0.4 is 10.1 Å². The molecule has 0 atom stereocenters. The van der Waals surface area contributed by atoms with E-state index in [0.717, 1.165) is 11.1 Å². The zero-order valence-corrected chi connectivity index (χ0v) is 14.7. The molecule has 2 aromatic rings. The summed E-state index contributed by atoms with van der Waals surface area (Å²) in [5.41, 5.74) is 3.02. The maximum atomic E-state index is 12.3. The number of hydrogen-bond acceptors (Lipinski definition) is 4. The van der Waals surface area contributed by atoms with Crippen molar-refractivity contribution in [3.05, 3.63) is 59.2 Å². The molecule has 1 amide bonds. The number of Topliss-reactive ketones (excluding diaryl/α,β-unsaturated/α-hetero) is 1. The third-order valence-electron chi connectivity index (χ3n) is 3.75. The number of carboxylic acid groups (broad SMARTS) is 1. The summed E-state index contributed by atoms with van der Waals surface area (Å²) in [5.74, 6) is -1.10. The Morgan fingerprint density at radius 1 is 1.04 bits per heavy atom. The lowest BCUT2D eigenvalue weighted by Crippen LogP contribution is -2.14. The number of benzene rings is 2. The van der Waals surface area contributed by atoms with Gasteiger partial charge in [-0.15, -0.1) is 0 Å². The van der Waals surface area contributed by atoms with Gasteiger partial charge in [0.2, 0.25) is 5.91 Å². The van der Waals surface area contributed by atoms with Crippen LogP contribution in [-0.2, 0) is 9.59 Å². The third-order valence-corrected chi connectivity index (χ3v) is 3.75. The molecule has 2 rings (SSSR count). The summed E-state index contributed by atoms with van der Waals surface area (Å²) in [6.07, 6.45) is 0.178. The number of anilines is 1. The maximum absolute atomic E-state index is 12.3. The summed E-state index contributed by atoms with van der Waals surface area (Å²) >= 11 is 0. The highest BCUT2D eigenvalue weighted by Gasteiger charge is 2.12. The molecule has 6 nitrogen and oxygen atoms in total. The van der Waals surface area contributed by atoms with Crippen molar-refractivity contribution in [3.8, 4) is 5.75 Å². The fourth-order valence-corrected chi connectivity index (χ4v) is 2.43. The number of amides is 1. The lowest BCUT2D eigenvalue weighted by molar-refractivity contribution is -0.139. The van der Waals surface area contributed by atoms with Gasteiger partial charge in [-0.2, -0.15) is 0 Å². The molecule has 6 heteroatoms. The van der Waals surface area contributed by atoms with Crippen LogP contribution in [0.3, 0.4) is 0 Å². The number of aryl methyl sites for hydroxylation is 2. The van der Waals surface area contributed by atoms with E-state index in [9.17, 15) is 14.4 Å². The van der Waals surface area contributed by atoms with Crippen molar-refractivity contribution < 1.29 is 24.2 Å². The highest BCUT2D eigenvalue weighted by atomic mass is 16.5. The Hall–Kier alpha value is -3.15. The molecule has 2 N–H and O–H groups in total. The number of hydrogen-bond donors (Lipinski definition) is 2. The van der Waals surface area contributed by atoms with E-state index >= 15 is 0 Å². The highest BCUT2D eigenvalue weighted by molar-refractivity contribution is 6.01. The van der Waals surface area contributed by atoms with Gasteiger partial charge in [-0.05, 0) is 37.6 Å². The van der Waals surface area contributed by atoms with Gasteiger partial charge in [-0.3, -0.25) is 9.59 Å². The van der Waals surface area contributed by atoms with Crippen molar-refractivity contribution >= 4 is 23.3 Å². The molecule has 0 heterocycles. The zero-order valence-electron chi connectivity index (χ0n) is 14.7. The minimum absolute atomic E-state index is 0.0619. The molecular formula is C20H21NO5. The molecule has 0 saturated carbocycles. The molecule has 0 fully saturated rings.